The molecule has 6 nitrogen and oxygen atoms in total. The first-order chi connectivity index (χ1) is 9.08. The molecular weight excluding hydrogens is 291 g/mol. The Bertz CT molecular complexity index is 607. The molecule has 0 radical (unpaired) electrons. The average Bonchev–Trinajstić information content (AvgIpc) is 2.40. The van der Waals surface area contributed by atoms with Crippen LogP contribution in [0.4, 0.5) is 11.4 Å². The van der Waals surface area contributed by atoms with E-state index < -0.39 is 4.92 Å². The van der Waals surface area contributed by atoms with Crippen molar-refractivity contribution in [3.63, 3.8) is 0 Å². The van der Waals surface area contributed by atoms with Gasteiger partial charge in [0.1, 0.15) is 5.69 Å². The molecule has 0 amide bonds. The number of nitro benzene ring substituents is 1. The number of nitrogens with zero attached hydrogens (tertiary/aromatic N) is 3. The first kappa shape index (κ1) is 13.5. The Balaban J connectivity index is 2.24. The molecule has 0 aliphatic heterocycles. The van der Waals surface area contributed by atoms with Crippen molar-refractivity contribution in [3.05, 3.63) is 56.3 Å². The fourth-order valence-electron chi connectivity index (χ4n) is 1.44. The molecule has 19 heavy (non-hydrogen) atoms. The molecule has 0 atom stereocenters. The number of aromatic nitrogens is 2. The number of anilines is 1. The van der Waals surface area contributed by atoms with Gasteiger partial charge in [0.15, 0.2) is 0 Å². The van der Waals surface area contributed by atoms with Crippen LogP contribution in [0.15, 0.2) is 30.5 Å². The molecular formula is C11H8Cl2N4O2. The highest BCUT2D eigenvalue weighted by molar-refractivity contribution is 6.42. The lowest BCUT2D eigenvalue weighted by Gasteiger charge is -2.07. The standard InChI is InChI=1S/C11H8Cl2N4O2/c12-8-4-10(11(17(18)19)5-9(8)13)14-6-7-2-1-3-15-16-7/h1-5,14H,6H2. The van der Waals surface area contributed by atoms with E-state index in [0.717, 1.165) is 0 Å². The van der Waals surface area contributed by atoms with Gasteiger partial charge in [-0.25, -0.2) is 0 Å². The summed E-state index contributed by atoms with van der Waals surface area (Å²) in [6, 6.07) is 6.11. The second-order valence-electron chi connectivity index (χ2n) is 3.61. The minimum absolute atomic E-state index is 0.137. The van der Waals surface area contributed by atoms with Gasteiger partial charge in [-0.1, -0.05) is 23.2 Å². The zero-order valence-corrected chi connectivity index (χ0v) is 11.0. The molecule has 0 saturated heterocycles. The highest BCUT2D eigenvalue weighted by Crippen LogP contribution is 2.34. The Labute approximate surface area is 118 Å². The molecule has 0 aliphatic rings. The van der Waals surface area contributed by atoms with Crippen LogP contribution in [0.1, 0.15) is 5.69 Å². The lowest BCUT2D eigenvalue weighted by Crippen LogP contribution is -2.04. The molecule has 0 spiro atoms. The van der Waals surface area contributed by atoms with Gasteiger partial charge in [0.25, 0.3) is 5.69 Å². The average molecular weight is 299 g/mol. The number of hydrogen-bond acceptors (Lipinski definition) is 5. The molecule has 98 valence electrons. The maximum Gasteiger partial charge on any atom is 0.293 e. The van der Waals surface area contributed by atoms with Crippen LogP contribution in [0.2, 0.25) is 10.0 Å². The third kappa shape index (κ3) is 3.30. The van der Waals surface area contributed by atoms with Gasteiger partial charge in [0.05, 0.1) is 27.2 Å². The van der Waals surface area contributed by atoms with Crippen LogP contribution >= 0.6 is 23.2 Å². The van der Waals surface area contributed by atoms with Crippen LogP contribution in [0.5, 0.6) is 0 Å². The minimum Gasteiger partial charge on any atom is -0.374 e. The molecule has 1 N–H and O–H groups in total. The molecule has 2 aromatic rings. The SMILES string of the molecule is O=[N+]([O-])c1cc(Cl)c(Cl)cc1NCc1cccnn1. The Morgan fingerprint density at radius 1 is 1.32 bits per heavy atom. The third-order valence-electron chi connectivity index (χ3n) is 2.32. The van der Waals surface area contributed by atoms with E-state index in [1.165, 1.54) is 12.1 Å². The van der Waals surface area contributed by atoms with Gasteiger partial charge >= 0.3 is 0 Å². The molecule has 0 saturated carbocycles. The number of nitro groups is 1. The lowest BCUT2D eigenvalue weighted by molar-refractivity contribution is -0.383. The van der Waals surface area contributed by atoms with E-state index in [1.807, 2.05) is 0 Å². The van der Waals surface area contributed by atoms with Gasteiger partial charge in [-0.3, -0.25) is 10.1 Å². The van der Waals surface area contributed by atoms with E-state index in [1.54, 1.807) is 18.3 Å². The Hall–Kier alpha value is -1.92. The summed E-state index contributed by atoms with van der Waals surface area (Å²) in [6.45, 7) is 0.298. The molecule has 1 heterocycles. The number of rotatable bonds is 4. The zero-order chi connectivity index (χ0) is 13.8. The van der Waals surface area contributed by atoms with Gasteiger partial charge in [-0.05, 0) is 18.2 Å². The lowest BCUT2D eigenvalue weighted by atomic mass is 10.2. The van der Waals surface area contributed by atoms with Crippen molar-refractivity contribution in [2.24, 2.45) is 0 Å². The first-order valence-corrected chi connectivity index (χ1v) is 5.97. The van der Waals surface area contributed by atoms with Crippen molar-refractivity contribution >= 4 is 34.6 Å². The Morgan fingerprint density at radius 2 is 2.05 bits per heavy atom. The molecule has 2 rings (SSSR count). The first-order valence-electron chi connectivity index (χ1n) is 5.22. The summed E-state index contributed by atoms with van der Waals surface area (Å²) < 4.78 is 0. The topological polar surface area (TPSA) is 81.0 Å². The minimum atomic E-state index is -0.527. The smallest absolute Gasteiger partial charge is 0.293 e. The highest BCUT2D eigenvalue weighted by atomic mass is 35.5. The predicted molar refractivity (Wildman–Crippen MR) is 72.5 cm³/mol. The molecule has 8 heteroatoms. The van der Waals surface area contributed by atoms with Crippen molar-refractivity contribution < 1.29 is 4.92 Å². The van der Waals surface area contributed by atoms with Crippen LogP contribution in [0, 0.1) is 10.1 Å². The van der Waals surface area contributed by atoms with Crippen molar-refractivity contribution in [2.45, 2.75) is 6.54 Å². The van der Waals surface area contributed by atoms with Crippen LogP contribution in [0.3, 0.4) is 0 Å². The molecule has 1 aromatic carbocycles. The van der Waals surface area contributed by atoms with Crippen molar-refractivity contribution in [3.8, 4) is 0 Å². The van der Waals surface area contributed by atoms with Gasteiger partial charge in [-0.15, -0.1) is 0 Å². The number of halogens is 2. The fourth-order valence-corrected chi connectivity index (χ4v) is 1.76. The summed E-state index contributed by atoms with van der Waals surface area (Å²) in [5.74, 6) is 0. The fraction of sp³-hybridized carbons (Fsp3) is 0.0909. The summed E-state index contributed by atoms with van der Waals surface area (Å²) in [6.07, 6.45) is 1.55. The van der Waals surface area contributed by atoms with Gasteiger partial charge in [0, 0.05) is 12.3 Å². The van der Waals surface area contributed by atoms with Crippen LogP contribution in [-0.4, -0.2) is 15.1 Å². The van der Waals surface area contributed by atoms with Crippen LogP contribution < -0.4 is 5.32 Å². The third-order valence-corrected chi connectivity index (χ3v) is 3.04. The largest absolute Gasteiger partial charge is 0.374 e. The summed E-state index contributed by atoms with van der Waals surface area (Å²) in [5, 5.41) is 21.8. The Kier molecular flexibility index (Phi) is 4.13. The van der Waals surface area contributed by atoms with E-state index in [-0.39, 0.29) is 21.4 Å². The van der Waals surface area contributed by atoms with E-state index in [4.69, 9.17) is 23.2 Å². The van der Waals surface area contributed by atoms with E-state index in [2.05, 4.69) is 15.5 Å². The van der Waals surface area contributed by atoms with Gasteiger partial charge < -0.3 is 5.32 Å². The van der Waals surface area contributed by atoms with E-state index >= 15 is 0 Å². The normalized spacial score (nSPS) is 10.2. The zero-order valence-electron chi connectivity index (χ0n) is 9.51. The maximum atomic E-state index is 10.9. The monoisotopic (exact) mass is 298 g/mol. The van der Waals surface area contributed by atoms with Crippen molar-refractivity contribution in [1.29, 1.82) is 0 Å². The van der Waals surface area contributed by atoms with Gasteiger partial charge in [-0.2, -0.15) is 10.2 Å². The Morgan fingerprint density at radius 3 is 2.68 bits per heavy atom. The number of benzene rings is 1. The summed E-state index contributed by atoms with van der Waals surface area (Å²) in [4.78, 5) is 10.4. The summed E-state index contributed by atoms with van der Waals surface area (Å²) in [7, 11) is 0. The number of hydrogen-bond donors (Lipinski definition) is 1. The van der Waals surface area contributed by atoms with Crippen LogP contribution in [-0.2, 0) is 6.54 Å². The molecule has 0 aliphatic carbocycles. The second kappa shape index (κ2) is 5.81. The van der Waals surface area contributed by atoms with E-state index in [9.17, 15) is 10.1 Å². The van der Waals surface area contributed by atoms with Crippen LogP contribution in [0.25, 0.3) is 0 Å². The van der Waals surface area contributed by atoms with Crippen molar-refractivity contribution in [2.75, 3.05) is 5.32 Å². The van der Waals surface area contributed by atoms with Gasteiger partial charge in [0.2, 0.25) is 0 Å². The molecule has 0 fully saturated rings. The quantitative estimate of drug-likeness (QED) is 0.692. The second-order valence-corrected chi connectivity index (χ2v) is 4.42. The number of nitrogens with one attached hydrogen (secondary N) is 1. The highest BCUT2D eigenvalue weighted by Gasteiger charge is 2.16. The molecule has 0 bridgehead atoms. The molecule has 0 unspecified atom stereocenters. The van der Waals surface area contributed by atoms with E-state index in [0.29, 0.717) is 12.2 Å². The predicted octanol–water partition coefficient (Wildman–Crippen LogP) is 3.30. The summed E-state index contributed by atoms with van der Waals surface area (Å²) in [5.41, 5.74) is 0.797. The summed E-state index contributed by atoms with van der Waals surface area (Å²) >= 11 is 11.6. The molecule has 1 aromatic heterocycles. The van der Waals surface area contributed by atoms with Crippen molar-refractivity contribution in [1.82, 2.24) is 10.2 Å². The maximum absolute atomic E-state index is 10.9.